The molecule has 1 aromatic heterocycles. The van der Waals surface area contributed by atoms with Gasteiger partial charge in [0.1, 0.15) is 0 Å². The number of aliphatic hydroxyl groups is 2. The smallest absolute Gasteiger partial charge is 0.510 e. The Bertz CT molecular complexity index is 1680. The second-order valence-corrected chi connectivity index (χ2v) is 12.5. The van der Waals surface area contributed by atoms with Crippen LogP contribution in [0.4, 0.5) is 5.69 Å². The van der Waals surface area contributed by atoms with Gasteiger partial charge in [-0.25, -0.2) is 0 Å². The third kappa shape index (κ3) is 10.6. The third-order valence-electron chi connectivity index (χ3n) is 8.47. The number of para-hydroxylation sites is 1. The summed E-state index contributed by atoms with van der Waals surface area (Å²) in [6.07, 6.45) is 12.5. The standard InChI is InChI=1S/C27H24N.C10H10N2.C5H12O2.Ir/c1-3-7-20(8-4-1)21-11-13-22(14-12-21)25-16-15-23-17-18-28-27(26(23)19-25)24-9-5-2-6-10-24;1-11-7-8-12(9-11)10-5-3-2-4-6-10;1-4(6)3-5(2)7;/h2,5-6,9,11-20H,1,3-4,7-8H2;2-5,7-9H,1H3;4-7H,3H2,1-2H3;/q-1;-2;;+3. The van der Waals surface area contributed by atoms with E-state index in [9.17, 15) is 0 Å². The Morgan fingerprint density at radius 3 is 2.08 bits per heavy atom. The summed E-state index contributed by atoms with van der Waals surface area (Å²) in [5.41, 5.74) is 7.13. The predicted octanol–water partition coefficient (Wildman–Crippen LogP) is 9.38. The van der Waals surface area contributed by atoms with E-state index in [-0.39, 0.29) is 32.3 Å². The van der Waals surface area contributed by atoms with Gasteiger partial charge in [-0.15, -0.1) is 41.6 Å². The summed E-state index contributed by atoms with van der Waals surface area (Å²) in [4.78, 5) is 8.68. The van der Waals surface area contributed by atoms with E-state index in [1.54, 1.807) is 13.8 Å². The van der Waals surface area contributed by atoms with E-state index in [1.165, 1.54) is 59.6 Å². The summed E-state index contributed by atoms with van der Waals surface area (Å²) in [6, 6.07) is 40.5. The largest absolute Gasteiger partial charge is 3.00 e. The van der Waals surface area contributed by atoms with Crippen molar-refractivity contribution in [1.29, 1.82) is 0 Å². The van der Waals surface area contributed by atoms with Crippen LogP contribution in [0.3, 0.4) is 0 Å². The van der Waals surface area contributed by atoms with Crippen molar-refractivity contribution >= 4 is 16.5 Å². The monoisotopic (exact) mass is 817 g/mol. The Balaban J connectivity index is 0.000000215. The number of rotatable bonds is 6. The second kappa shape index (κ2) is 18.7. The number of pyridine rings is 1. The number of aliphatic hydroxyl groups excluding tert-OH is 2. The van der Waals surface area contributed by atoms with Gasteiger partial charge in [-0.1, -0.05) is 61.7 Å². The predicted molar refractivity (Wildman–Crippen MR) is 194 cm³/mol. The topological polar surface area (TPSA) is 59.8 Å². The van der Waals surface area contributed by atoms with Crippen LogP contribution in [0.15, 0.2) is 116 Å². The Morgan fingerprint density at radius 2 is 1.50 bits per heavy atom. The van der Waals surface area contributed by atoms with Gasteiger partial charge < -0.3 is 25.0 Å². The quantitative estimate of drug-likeness (QED) is 0.168. The summed E-state index contributed by atoms with van der Waals surface area (Å²) in [6.45, 7) is 5.32. The first-order valence-electron chi connectivity index (χ1n) is 16.7. The summed E-state index contributed by atoms with van der Waals surface area (Å²) in [5.74, 6) is 0.754. The molecule has 2 N–H and O–H groups in total. The Labute approximate surface area is 300 Å². The van der Waals surface area contributed by atoms with Crippen LogP contribution < -0.4 is 4.90 Å². The molecule has 4 aromatic carbocycles. The van der Waals surface area contributed by atoms with Gasteiger partial charge in [0.15, 0.2) is 0 Å². The first-order chi connectivity index (χ1) is 22.9. The summed E-state index contributed by atoms with van der Waals surface area (Å²) in [5, 5.41) is 19.5. The van der Waals surface area contributed by atoms with Crippen LogP contribution in [0.5, 0.6) is 0 Å². The summed E-state index contributed by atoms with van der Waals surface area (Å²) in [7, 11) is 2.00. The Kier molecular flexibility index (Phi) is 14.4. The van der Waals surface area contributed by atoms with Gasteiger partial charge in [-0.3, -0.25) is 0 Å². The average Bonchev–Trinajstić information content (AvgIpc) is 3.55. The van der Waals surface area contributed by atoms with Gasteiger partial charge in [-0.2, -0.15) is 37.0 Å². The molecule has 0 amide bonds. The molecule has 1 aliphatic carbocycles. The van der Waals surface area contributed by atoms with Crippen LogP contribution >= 0.6 is 0 Å². The number of anilines is 1. The maximum Gasteiger partial charge on any atom is 3.00 e. The first-order valence-corrected chi connectivity index (χ1v) is 16.7. The van der Waals surface area contributed by atoms with Crippen molar-refractivity contribution in [3.05, 3.63) is 140 Å². The zero-order valence-electron chi connectivity index (χ0n) is 28.1. The molecule has 250 valence electrons. The minimum atomic E-state index is -0.375. The molecule has 5 aromatic rings. The minimum absolute atomic E-state index is 0. The van der Waals surface area contributed by atoms with Gasteiger partial charge in [0, 0.05) is 6.20 Å². The van der Waals surface area contributed by atoms with E-state index in [4.69, 9.17) is 10.2 Å². The van der Waals surface area contributed by atoms with Crippen LogP contribution in [-0.4, -0.2) is 39.4 Å². The van der Waals surface area contributed by atoms with Crippen molar-refractivity contribution in [2.45, 2.75) is 70.5 Å². The number of aromatic nitrogens is 1. The SMILES string of the molecule is CC(O)CC(C)O.CN1C=CN(c2[c-]cccc2)[CH-]1.[Ir+3].[c-]1ccccc1-c1nccc2ccc(-c3ccc(C4CCCCC4)cc3)cc12. The maximum atomic E-state index is 8.56. The van der Waals surface area contributed by atoms with Crippen molar-refractivity contribution in [2.24, 2.45) is 0 Å². The van der Waals surface area contributed by atoms with Gasteiger partial charge in [0.25, 0.3) is 0 Å². The molecule has 1 saturated carbocycles. The number of fused-ring (bicyclic) bond motifs is 1. The maximum absolute atomic E-state index is 8.56. The summed E-state index contributed by atoms with van der Waals surface area (Å²) >= 11 is 0. The fourth-order valence-corrected chi connectivity index (χ4v) is 6.12. The molecular formula is C42H46IrN3O2. The van der Waals surface area contributed by atoms with E-state index < -0.39 is 0 Å². The molecule has 2 unspecified atom stereocenters. The molecule has 0 radical (unpaired) electrons. The van der Waals surface area contributed by atoms with E-state index in [2.05, 4.69) is 71.7 Å². The second-order valence-electron chi connectivity index (χ2n) is 12.5. The zero-order chi connectivity index (χ0) is 33.0. The molecule has 0 spiro atoms. The molecule has 2 atom stereocenters. The molecule has 1 aliphatic heterocycles. The van der Waals surface area contributed by atoms with Gasteiger partial charge in [0.05, 0.1) is 12.2 Å². The van der Waals surface area contributed by atoms with Crippen LogP contribution in [0, 0.1) is 18.8 Å². The van der Waals surface area contributed by atoms with Crippen molar-refractivity contribution in [1.82, 2.24) is 9.88 Å². The number of hydrogen-bond acceptors (Lipinski definition) is 5. The van der Waals surface area contributed by atoms with Crippen LogP contribution in [0.2, 0.25) is 0 Å². The molecule has 0 bridgehead atoms. The first kappa shape index (κ1) is 37.0. The fourth-order valence-electron chi connectivity index (χ4n) is 6.12. The number of benzene rings is 4. The number of nitrogens with zero attached hydrogens (tertiary/aromatic N) is 3. The van der Waals surface area contributed by atoms with E-state index in [0.717, 1.165) is 22.9 Å². The van der Waals surface area contributed by atoms with Crippen molar-refractivity contribution in [3.8, 4) is 22.4 Å². The zero-order valence-corrected chi connectivity index (χ0v) is 30.5. The molecule has 2 aliphatic rings. The number of hydrogen-bond donors (Lipinski definition) is 2. The molecule has 48 heavy (non-hydrogen) atoms. The van der Waals surface area contributed by atoms with E-state index >= 15 is 0 Å². The fraction of sp³-hybridized carbons (Fsp3) is 0.286. The van der Waals surface area contributed by atoms with Gasteiger partial charge in [-0.05, 0) is 97.7 Å². The van der Waals surface area contributed by atoms with Crippen molar-refractivity contribution < 1.29 is 30.3 Å². The van der Waals surface area contributed by atoms with Crippen LogP contribution in [0.1, 0.15) is 63.9 Å². The molecule has 7 rings (SSSR count). The van der Waals surface area contributed by atoms with E-state index in [0.29, 0.717) is 6.42 Å². The molecule has 5 nitrogen and oxygen atoms in total. The third-order valence-corrected chi connectivity index (χ3v) is 8.47. The van der Waals surface area contributed by atoms with Gasteiger partial charge >= 0.3 is 20.1 Å². The Morgan fingerprint density at radius 1 is 0.812 bits per heavy atom. The van der Waals surface area contributed by atoms with Crippen LogP contribution in [-0.2, 0) is 20.1 Å². The molecular weight excluding hydrogens is 771 g/mol. The van der Waals surface area contributed by atoms with E-state index in [1.807, 2.05) is 84.6 Å². The molecule has 6 heteroatoms. The summed E-state index contributed by atoms with van der Waals surface area (Å²) < 4.78 is 0. The van der Waals surface area contributed by atoms with Gasteiger partial charge in [0.2, 0.25) is 0 Å². The molecule has 0 saturated heterocycles. The molecule has 2 heterocycles. The Hall–Kier alpha value is -3.80. The molecule has 1 fully saturated rings. The normalized spacial score (nSPS) is 15.4. The average molecular weight is 817 g/mol. The van der Waals surface area contributed by atoms with Crippen molar-refractivity contribution in [3.63, 3.8) is 0 Å². The minimum Gasteiger partial charge on any atom is -0.510 e. The van der Waals surface area contributed by atoms with Crippen molar-refractivity contribution in [2.75, 3.05) is 11.9 Å². The van der Waals surface area contributed by atoms with Crippen LogP contribution in [0.25, 0.3) is 33.2 Å².